The van der Waals surface area contributed by atoms with Crippen LogP contribution in [0.3, 0.4) is 0 Å². The minimum Gasteiger partial charge on any atom is -0.478 e. The molecule has 1 atom stereocenters. The van der Waals surface area contributed by atoms with Crippen LogP contribution < -0.4 is 0 Å². The van der Waals surface area contributed by atoms with Crippen molar-refractivity contribution in [3.8, 4) is 0 Å². The van der Waals surface area contributed by atoms with Gasteiger partial charge in [0.2, 0.25) is 0 Å². The molecule has 2 aliphatic rings. The summed E-state index contributed by atoms with van der Waals surface area (Å²) in [6.45, 7) is 1.27. The minimum absolute atomic E-state index is 0.0698. The van der Waals surface area contributed by atoms with E-state index in [4.69, 9.17) is 33.0 Å². The highest BCUT2D eigenvalue weighted by atomic mass is 35.5. The Balaban J connectivity index is 1.79. The van der Waals surface area contributed by atoms with Crippen molar-refractivity contribution in [2.75, 3.05) is 0 Å². The fraction of sp³-hybridized carbons (Fsp3) is 0.130. The van der Waals surface area contributed by atoms with E-state index in [0.29, 0.717) is 0 Å². The zero-order valence-electron chi connectivity index (χ0n) is 19.1. The topological polar surface area (TPSA) is 144 Å². The molecular formula is C23H12Cl2F3NO9S. The molecule has 0 spiro atoms. The maximum absolute atomic E-state index is 13.1. The van der Waals surface area contributed by atoms with Crippen molar-refractivity contribution in [3.63, 3.8) is 0 Å². The number of nitrogens with zero attached hydrogens (tertiary/aromatic N) is 1. The van der Waals surface area contributed by atoms with Gasteiger partial charge in [0.1, 0.15) is 5.60 Å². The normalized spacial score (nSPS) is 18.8. The molecule has 2 amide bonds. The fourth-order valence-corrected chi connectivity index (χ4v) is 4.62. The number of hydrogen-bond acceptors (Lipinski definition) is 8. The van der Waals surface area contributed by atoms with Gasteiger partial charge in [0.15, 0.2) is 0 Å². The molecular weight excluding hydrogens is 594 g/mol. The second-order valence-corrected chi connectivity index (χ2v) is 10.6. The summed E-state index contributed by atoms with van der Waals surface area (Å²) in [4.78, 5) is 50.2. The van der Waals surface area contributed by atoms with E-state index in [2.05, 4.69) is 4.28 Å². The monoisotopic (exact) mass is 605 g/mol. The first kappa shape index (κ1) is 28.3. The van der Waals surface area contributed by atoms with E-state index >= 15 is 0 Å². The van der Waals surface area contributed by atoms with Crippen LogP contribution in [0.2, 0.25) is 10.0 Å². The highest BCUT2D eigenvalue weighted by Gasteiger charge is 2.52. The van der Waals surface area contributed by atoms with Gasteiger partial charge in [0, 0.05) is 5.56 Å². The van der Waals surface area contributed by atoms with Crippen LogP contribution in [0.1, 0.15) is 49.1 Å². The van der Waals surface area contributed by atoms with Crippen molar-refractivity contribution in [1.82, 2.24) is 5.06 Å². The second kappa shape index (κ2) is 9.48. The summed E-state index contributed by atoms with van der Waals surface area (Å²) in [5.74, 6) is -5.61. The predicted octanol–water partition coefficient (Wildman–Crippen LogP) is 4.48. The zero-order valence-corrected chi connectivity index (χ0v) is 21.4. The van der Waals surface area contributed by atoms with Gasteiger partial charge >= 0.3 is 27.6 Å². The van der Waals surface area contributed by atoms with E-state index in [1.807, 2.05) is 0 Å². The Hall–Kier alpha value is -3.72. The van der Waals surface area contributed by atoms with Gasteiger partial charge in [-0.2, -0.15) is 21.6 Å². The maximum Gasteiger partial charge on any atom is 0.525 e. The molecule has 39 heavy (non-hydrogen) atoms. The van der Waals surface area contributed by atoms with E-state index in [9.17, 15) is 40.8 Å². The molecule has 0 saturated carbocycles. The molecule has 2 aromatic carbocycles. The van der Waals surface area contributed by atoms with Crippen LogP contribution in [0.25, 0.3) is 11.6 Å². The Morgan fingerprint density at radius 1 is 1.05 bits per heavy atom. The average Bonchev–Trinajstić information content (AvgIpc) is 2.98. The number of aromatic carboxylic acids is 1. The summed E-state index contributed by atoms with van der Waals surface area (Å²) in [7, 11) is -6.41. The summed E-state index contributed by atoms with van der Waals surface area (Å²) >= 11 is 11.9. The van der Waals surface area contributed by atoms with Crippen molar-refractivity contribution in [1.29, 1.82) is 0 Å². The van der Waals surface area contributed by atoms with Crippen LogP contribution in [0.4, 0.5) is 13.2 Å². The quantitative estimate of drug-likeness (QED) is 0.296. The third kappa shape index (κ3) is 5.03. The van der Waals surface area contributed by atoms with E-state index in [-0.39, 0.29) is 32.3 Å². The van der Waals surface area contributed by atoms with Gasteiger partial charge in [-0.3, -0.25) is 9.59 Å². The number of carbonyl (C=O) groups excluding carboxylic acids is 3. The first-order chi connectivity index (χ1) is 18.0. The van der Waals surface area contributed by atoms with Crippen molar-refractivity contribution in [3.05, 3.63) is 80.3 Å². The van der Waals surface area contributed by atoms with Crippen molar-refractivity contribution < 1.29 is 54.9 Å². The van der Waals surface area contributed by atoms with Crippen molar-refractivity contribution in [2.45, 2.75) is 18.0 Å². The molecule has 0 bridgehead atoms. The Labute approximate surface area is 226 Å². The van der Waals surface area contributed by atoms with Gasteiger partial charge in [-0.25, -0.2) is 9.59 Å². The number of benzene rings is 2. The standard InChI is InChI=1S/C23H12Cl2F3NO9S/c1-22(37-21(34)13-8-15(24)12(20(32)33)7-16(13)25)6-5-10-3-2-4-11-17(10)14(9-22)19(31)29(18(11)30)38-39(35,36)23(26,27)28/h2-9H,1H3,(H,32,33). The molecule has 0 aromatic heterocycles. The molecule has 1 N–H and O–H groups in total. The number of amides is 2. The number of halogens is 5. The maximum atomic E-state index is 13.1. The van der Waals surface area contributed by atoms with Gasteiger partial charge in [0.05, 0.1) is 32.3 Å². The number of hydroxylamine groups is 2. The fourth-order valence-electron chi connectivity index (χ4n) is 3.72. The number of imide groups is 1. The molecule has 4 rings (SSSR count). The van der Waals surface area contributed by atoms with Gasteiger partial charge in [-0.1, -0.05) is 41.4 Å². The molecule has 10 nitrogen and oxygen atoms in total. The van der Waals surface area contributed by atoms with Crippen LogP contribution >= 0.6 is 23.2 Å². The van der Waals surface area contributed by atoms with Crippen LogP contribution in [0, 0.1) is 0 Å². The molecule has 0 radical (unpaired) electrons. The Morgan fingerprint density at radius 2 is 1.67 bits per heavy atom. The van der Waals surface area contributed by atoms with E-state index in [0.717, 1.165) is 24.3 Å². The molecule has 16 heteroatoms. The summed E-state index contributed by atoms with van der Waals surface area (Å²) in [6, 6.07) is 5.76. The summed E-state index contributed by atoms with van der Waals surface area (Å²) in [5.41, 5.74) is -9.27. The van der Waals surface area contributed by atoms with Gasteiger partial charge < -0.3 is 9.84 Å². The van der Waals surface area contributed by atoms with E-state index in [1.165, 1.54) is 31.2 Å². The molecule has 1 aliphatic heterocycles. The molecule has 2 aromatic rings. The summed E-state index contributed by atoms with van der Waals surface area (Å²) in [5, 5.41) is 7.94. The number of hydrogen-bond donors (Lipinski definition) is 1. The summed E-state index contributed by atoms with van der Waals surface area (Å²) < 4.78 is 71.2. The van der Waals surface area contributed by atoms with Crippen LogP contribution in [-0.4, -0.2) is 53.4 Å². The van der Waals surface area contributed by atoms with Crippen LogP contribution in [0.15, 0.2) is 42.5 Å². The number of carboxylic acids is 1. The lowest BCUT2D eigenvalue weighted by Crippen LogP contribution is -2.45. The second-order valence-electron chi connectivity index (χ2n) is 8.23. The molecule has 0 saturated heterocycles. The molecule has 0 fully saturated rings. The lowest BCUT2D eigenvalue weighted by Gasteiger charge is -2.29. The number of esters is 1. The van der Waals surface area contributed by atoms with Crippen molar-refractivity contribution in [2.24, 2.45) is 0 Å². The first-order valence-corrected chi connectivity index (χ1v) is 12.5. The van der Waals surface area contributed by atoms with Crippen molar-refractivity contribution >= 4 is 68.7 Å². The first-order valence-electron chi connectivity index (χ1n) is 10.4. The predicted molar refractivity (Wildman–Crippen MR) is 128 cm³/mol. The van der Waals surface area contributed by atoms with Gasteiger partial charge in [-0.15, -0.1) is 9.35 Å². The Kier molecular flexibility index (Phi) is 6.88. The minimum atomic E-state index is -6.41. The largest absolute Gasteiger partial charge is 0.525 e. The third-order valence-electron chi connectivity index (χ3n) is 5.50. The average molecular weight is 606 g/mol. The Bertz CT molecular complexity index is 1650. The molecule has 1 unspecified atom stereocenters. The molecule has 1 heterocycles. The number of carboxylic acid groups (broad SMARTS) is 1. The summed E-state index contributed by atoms with van der Waals surface area (Å²) in [6.07, 6.45) is 3.62. The Morgan fingerprint density at radius 3 is 2.28 bits per heavy atom. The number of rotatable bonds is 5. The number of ether oxygens (including phenoxy) is 1. The van der Waals surface area contributed by atoms with E-state index in [1.54, 1.807) is 0 Å². The molecule has 1 aliphatic carbocycles. The number of carbonyl (C=O) groups is 4. The zero-order chi connectivity index (χ0) is 29.1. The van der Waals surface area contributed by atoms with Crippen LogP contribution in [-0.2, 0) is 23.9 Å². The SMILES string of the molecule is CC1(OC(=O)c2cc(Cl)c(C(=O)O)cc2Cl)C=Cc2cccc3c2C(=C1)C(=O)N(OS(=O)(=O)C(F)(F)F)C3=O. The highest BCUT2D eigenvalue weighted by molar-refractivity contribution is 7.87. The lowest BCUT2D eigenvalue weighted by molar-refractivity contribution is -0.144. The number of alkyl halides is 3. The highest BCUT2D eigenvalue weighted by Crippen LogP contribution is 2.39. The molecule has 204 valence electrons. The lowest BCUT2D eigenvalue weighted by atomic mass is 9.90. The third-order valence-corrected chi connectivity index (χ3v) is 7.03. The smallest absolute Gasteiger partial charge is 0.478 e. The van der Waals surface area contributed by atoms with Gasteiger partial charge in [-0.05, 0) is 42.8 Å². The van der Waals surface area contributed by atoms with Gasteiger partial charge in [0.25, 0.3) is 11.8 Å². The van der Waals surface area contributed by atoms with E-state index < -0.39 is 61.2 Å². The van der Waals surface area contributed by atoms with Crippen LogP contribution in [0.5, 0.6) is 0 Å².